The average Bonchev–Trinajstić information content (AvgIpc) is 2.96. The van der Waals surface area contributed by atoms with E-state index in [1.807, 2.05) is 0 Å². The van der Waals surface area contributed by atoms with E-state index < -0.39 is 17.9 Å². The van der Waals surface area contributed by atoms with Gasteiger partial charge < -0.3 is 19.9 Å². The lowest BCUT2D eigenvalue weighted by molar-refractivity contribution is -0.142. The number of carbonyl (C=O) groups excluding carboxylic acids is 1. The fraction of sp³-hybridized carbons (Fsp3) is 0.833. The number of aliphatic carboxylic acids is 1. The van der Waals surface area contributed by atoms with Crippen LogP contribution in [-0.4, -0.2) is 48.9 Å². The van der Waals surface area contributed by atoms with Crippen LogP contribution in [0.4, 0.5) is 0 Å². The van der Waals surface area contributed by atoms with Crippen molar-refractivity contribution in [2.24, 2.45) is 5.92 Å². The number of carbonyl (C=O) groups is 2. The van der Waals surface area contributed by atoms with Crippen molar-refractivity contribution in [3.63, 3.8) is 0 Å². The summed E-state index contributed by atoms with van der Waals surface area (Å²) in [6.07, 6.45) is 3.34. The Morgan fingerprint density at radius 1 is 1.33 bits per heavy atom. The Labute approximate surface area is 106 Å². The Morgan fingerprint density at radius 3 is 2.83 bits per heavy atom. The molecule has 0 aromatic heterocycles. The SMILES string of the molecule is O=C(CCC1CCCO1)NC1COCC1C(=O)O. The molecule has 0 bridgehead atoms. The molecule has 0 aromatic carbocycles. The van der Waals surface area contributed by atoms with Crippen LogP contribution >= 0.6 is 0 Å². The molecule has 0 aliphatic carbocycles. The van der Waals surface area contributed by atoms with E-state index in [2.05, 4.69) is 5.32 Å². The lowest BCUT2D eigenvalue weighted by atomic mass is 10.0. The first kappa shape index (κ1) is 13.3. The molecule has 3 atom stereocenters. The van der Waals surface area contributed by atoms with E-state index >= 15 is 0 Å². The third-order valence-corrected chi connectivity index (χ3v) is 3.46. The highest BCUT2D eigenvalue weighted by atomic mass is 16.5. The molecule has 18 heavy (non-hydrogen) atoms. The number of hydrogen-bond donors (Lipinski definition) is 2. The molecule has 2 aliphatic heterocycles. The number of rotatable bonds is 5. The van der Waals surface area contributed by atoms with Crippen molar-refractivity contribution in [3.8, 4) is 0 Å². The highest BCUT2D eigenvalue weighted by molar-refractivity contribution is 5.78. The minimum atomic E-state index is -0.920. The third kappa shape index (κ3) is 3.43. The number of carboxylic acid groups (broad SMARTS) is 1. The van der Waals surface area contributed by atoms with Gasteiger partial charge in [-0.05, 0) is 19.3 Å². The molecule has 2 fully saturated rings. The average molecular weight is 257 g/mol. The second kappa shape index (κ2) is 6.15. The summed E-state index contributed by atoms with van der Waals surface area (Å²) < 4.78 is 10.5. The van der Waals surface area contributed by atoms with Gasteiger partial charge in [0.15, 0.2) is 0 Å². The molecule has 1 amide bonds. The molecule has 0 saturated carbocycles. The van der Waals surface area contributed by atoms with Gasteiger partial charge >= 0.3 is 5.97 Å². The molecule has 2 heterocycles. The minimum Gasteiger partial charge on any atom is -0.481 e. The topological polar surface area (TPSA) is 84.9 Å². The Morgan fingerprint density at radius 2 is 2.17 bits per heavy atom. The summed E-state index contributed by atoms with van der Waals surface area (Å²) in [6.45, 7) is 1.23. The molecule has 0 aromatic rings. The van der Waals surface area contributed by atoms with Crippen molar-refractivity contribution in [3.05, 3.63) is 0 Å². The number of carboxylic acids is 1. The van der Waals surface area contributed by atoms with Gasteiger partial charge in [0.1, 0.15) is 5.92 Å². The molecular weight excluding hydrogens is 238 g/mol. The van der Waals surface area contributed by atoms with Gasteiger partial charge in [-0.25, -0.2) is 0 Å². The zero-order valence-electron chi connectivity index (χ0n) is 10.3. The first-order chi connectivity index (χ1) is 8.66. The van der Waals surface area contributed by atoms with Crippen LogP contribution in [0, 0.1) is 5.92 Å². The molecule has 3 unspecified atom stereocenters. The van der Waals surface area contributed by atoms with E-state index in [0.717, 1.165) is 19.4 Å². The molecule has 2 N–H and O–H groups in total. The predicted molar refractivity (Wildman–Crippen MR) is 62.1 cm³/mol. The van der Waals surface area contributed by atoms with Crippen LogP contribution in [0.15, 0.2) is 0 Å². The van der Waals surface area contributed by atoms with Crippen LogP contribution in [0.5, 0.6) is 0 Å². The zero-order valence-corrected chi connectivity index (χ0v) is 10.3. The summed E-state index contributed by atoms with van der Waals surface area (Å²) in [5.74, 6) is -1.67. The molecular formula is C12H19NO5. The van der Waals surface area contributed by atoms with Crippen LogP contribution in [0.1, 0.15) is 25.7 Å². The number of hydrogen-bond acceptors (Lipinski definition) is 4. The van der Waals surface area contributed by atoms with Crippen LogP contribution in [-0.2, 0) is 19.1 Å². The number of amides is 1. The van der Waals surface area contributed by atoms with Crippen LogP contribution in [0.2, 0.25) is 0 Å². The zero-order chi connectivity index (χ0) is 13.0. The molecule has 6 heteroatoms. The molecule has 2 saturated heterocycles. The molecule has 102 valence electrons. The number of ether oxygens (including phenoxy) is 2. The van der Waals surface area contributed by atoms with Gasteiger partial charge in [-0.2, -0.15) is 0 Å². The smallest absolute Gasteiger partial charge is 0.311 e. The maximum atomic E-state index is 11.7. The molecule has 0 spiro atoms. The van der Waals surface area contributed by atoms with Crippen molar-refractivity contribution in [1.29, 1.82) is 0 Å². The first-order valence-corrected chi connectivity index (χ1v) is 6.38. The summed E-state index contributed by atoms with van der Waals surface area (Å²) in [5.41, 5.74) is 0. The fourth-order valence-electron chi connectivity index (χ4n) is 2.38. The summed E-state index contributed by atoms with van der Waals surface area (Å²) in [6, 6.07) is -0.403. The lowest BCUT2D eigenvalue weighted by Crippen LogP contribution is -2.42. The van der Waals surface area contributed by atoms with Gasteiger partial charge in [0.05, 0.1) is 25.4 Å². The Kier molecular flexibility index (Phi) is 4.54. The highest BCUT2D eigenvalue weighted by Crippen LogP contribution is 2.18. The predicted octanol–water partition coefficient (Wildman–Crippen LogP) is 0.161. The fourth-order valence-corrected chi connectivity index (χ4v) is 2.38. The minimum absolute atomic E-state index is 0.118. The number of nitrogens with one attached hydrogen (secondary N) is 1. The van der Waals surface area contributed by atoms with Crippen molar-refractivity contribution in [1.82, 2.24) is 5.32 Å². The maximum absolute atomic E-state index is 11.7. The van der Waals surface area contributed by atoms with E-state index in [-0.39, 0.29) is 25.2 Å². The van der Waals surface area contributed by atoms with E-state index in [9.17, 15) is 9.59 Å². The van der Waals surface area contributed by atoms with Gasteiger partial charge in [-0.1, -0.05) is 0 Å². The Bertz CT molecular complexity index is 314. The van der Waals surface area contributed by atoms with E-state index in [1.165, 1.54) is 0 Å². The van der Waals surface area contributed by atoms with E-state index in [0.29, 0.717) is 12.8 Å². The van der Waals surface area contributed by atoms with Crippen LogP contribution in [0.25, 0.3) is 0 Å². The summed E-state index contributed by atoms with van der Waals surface area (Å²) in [4.78, 5) is 22.6. The molecule has 0 radical (unpaired) electrons. The van der Waals surface area contributed by atoms with Gasteiger partial charge in [0, 0.05) is 13.0 Å². The quantitative estimate of drug-likeness (QED) is 0.733. The monoisotopic (exact) mass is 257 g/mol. The highest BCUT2D eigenvalue weighted by Gasteiger charge is 2.35. The molecule has 2 rings (SSSR count). The van der Waals surface area contributed by atoms with Crippen molar-refractivity contribution >= 4 is 11.9 Å². The second-order valence-corrected chi connectivity index (χ2v) is 4.83. The Hall–Kier alpha value is -1.14. The molecule has 2 aliphatic rings. The van der Waals surface area contributed by atoms with Gasteiger partial charge in [0.2, 0.25) is 5.91 Å². The summed E-state index contributed by atoms with van der Waals surface area (Å²) >= 11 is 0. The maximum Gasteiger partial charge on any atom is 0.311 e. The van der Waals surface area contributed by atoms with Gasteiger partial charge in [0.25, 0.3) is 0 Å². The van der Waals surface area contributed by atoms with Crippen molar-refractivity contribution in [2.45, 2.75) is 37.8 Å². The van der Waals surface area contributed by atoms with Crippen LogP contribution < -0.4 is 5.32 Å². The first-order valence-electron chi connectivity index (χ1n) is 6.38. The van der Waals surface area contributed by atoms with Crippen LogP contribution in [0.3, 0.4) is 0 Å². The van der Waals surface area contributed by atoms with Crippen molar-refractivity contribution < 1.29 is 24.2 Å². The van der Waals surface area contributed by atoms with Gasteiger partial charge in [-0.15, -0.1) is 0 Å². The standard InChI is InChI=1S/C12H19NO5/c14-11(4-3-8-2-1-5-18-8)13-10-7-17-6-9(10)12(15)16/h8-10H,1-7H2,(H,13,14)(H,15,16). The normalized spacial score (nSPS) is 31.4. The second-order valence-electron chi connectivity index (χ2n) is 4.83. The van der Waals surface area contributed by atoms with E-state index in [1.54, 1.807) is 0 Å². The summed E-state index contributed by atoms with van der Waals surface area (Å²) in [5, 5.41) is 11.7. The van der Waals surface area contributed by atoms with Crippen molar-refractivity contribution in [2.75, 3.05) is 19.8 Å². The summed E-state index contributed by atoms with van der Waals surface area (Å²) in [7, 11) is 0. The third-order valence-electron chi connectivity index (χ3n) is 3.46. The molecule has 6 nitrogen and oxygen atoms in total. The van der Waals surface area contributed by atoms with Gasteiger partial charge in [-0.3, -0.25) is 9.59 Å². The largest absolute Gasteiger partial charge is 0.481 e. The van der Waals surface area contributed by atoms with E-state index in [4.69, 9.17) is 14.6 Å². The Balaban J connectivity index is 1.71. The lowest BCUT2D eigenvalue weighted by Gasteiger charge is -2.16.